The van der Waals surface area contributed by atoms with E-state index >= 15 is 0 Å². The summed E-state index contributed by atoms with van der Waals surface area (Å²) in [6.07, 6.45) is 2.17. The molecular weight excluding hydrogens is 387 g/mol. The first-order valence-corrected chi connectivity index (χ1v) is 9.17. The molecule has 0 spiro atoms. The lowest BCUT2D eigenvalue weighted by Gasteiger charge is -2.19. The largest absolute Gasteiger partial charge is 0.406 e. The van der Waals surface area contributed by atoms with Gasteiger partial charge in [-0.1, -0.05) is 0 Å². The van der Waals surface area contributed by atoms with Gasteiger partial charge in [0.15, 0.2) is 11.5 Å². The lowest BCUT2D eigenvalue weighted by atomic mass is 10.3. The fourth-order valence-corrected chi connectivity index (χ4v) is 3.35. The topological polar surface area (TPSA) is 84.4 Å². The average Bonchev–Trinajstić information content (AvgIpc) is 3.34. The van der Waals surface area contributed by atoms with Gasteiger partial charge in [-0.2, -0.15) is 17.7 Å². The van der Waals surface area contributed by atoms with Crippen molar-refractivity contribution in [2.45, 2.75) is 45.6 Å². The summed E-state index contributed by atoms with van der Waals surface area (Å²) in [4.78, 5) is 14.5. The number of alkyl halides is 3. The van der Waals surface area contributed by atoms with Crippen LogP contribution in [0, 0.1) is 13.8 Å². The van der Waals surface area contributed by atoms with Crippen LogP contribution in [0.3, 0.4) is 0 Å². The number of aliphatic hydroxyl groups is 1. The van der Waals surface area contributed by atoms with Gasteiger partial charge in [0.2, 0.25) is 0 Å². The zero-order chi connectivity index (χ0) is 20.8. The molecule has 1 atom stereocenters. The van der Waals surface area contributed by atoms with E-state index in [-0.39, 0.29) is 5.82 Å². The van der Waals surface area contributed by atoms with Gasteiger partial charge in [-0.05, 0) is 38.8 Å². The summed E-state index contributed by atoms with van der Waals surface area (Å²) >= 11 is 0. The van der Waals surface area contributed by atoms with E-state index in [9.17, 15) is 18.3 Å². The number of anilines is 1. The molecular formula is C18H20F3N7O. The maximum Gasteiger partial charge on any atom is 0.406 e. The quantitative estimate of drug-likeness (QED) is 0.716. The molecule has 154 valence electrons. The Hall–Kier alpha value is -2.95. The maximum absolute atomic E-state index is 13.0. The normalized spacial score (nSPS) is 17.9. The molecule has 0 aliphatic carbocycles. The van der Waals surface area contributed by atoms with Crippen molar-refractivity contribution < 1.29 is 18.3 Å². The average molecular weight is 407 g/mol. The fourth-order valence-electron chi connectivity index (χ4n) is 3.35. The number of hydrogen-bond acceptors (Lipinski definition) is 6. The highest BCUT2D eigenvalue weighted by atomic mass is 19.4. The van der Waals surface area contributed by atoms with Crippen molar-refractivity contribution in [3.05, 3.63) is 35.4 Å². The van der Waals surface area contributed by atoms with Gasteiger partial charge in [0.1, 0.15) is 30.2 Å². The summed E-state index contributed by atoms with van der Waals surface area (Å²) in [5, 5.41) is 14.4. The molecule has 0 aromatic carbocycles. The molecule has 1 N–H and O–H groups in total. The Labute approximate surface area is 164 Å². The van der Waals surface area contributed by atoms with Gasteiger partial charge in [0, 0.05) is 24.5 Å². The van der Waals surface area contributed by atoms with E-state index in [1.165, 1.54) is 18.3 Å². The molecule has 0 amide bonds. The van der Waals surface area contributed by atoms with Crippen molar-refractivity contribution >= 4 is 23.6 Å². The van der Waals surface area contributed by atoms with E-state index in [2.05, 4.69) is 20.1 Å². The van der Waals surface area contributed by atoms with Crippen LogP contribution in [0.25, 0.3) is 17.8 Å². The molecule has 0 saturated carbocycles. The van der Waals surface area contributed by atoms with Gasteiger partial charge in [-0.3, -0.25) is 0 Å². The monoisotopic (exact) mass is 407 g/mol. The van der Waals surface area contributed by atoms with Crippen molar-refractivity contribution in [3.63, 3.8) is 0 Å². The van der Waals surface area contributed by atoms with Gasteiger partial charge < -0.3 is 14.6 Å². The number of fused-ring (bicyclic) bond motifs is 1. The van der Waals surface area contributed by atoms with E-state index in [0.29, 0.717) is 36.1 Å². The Balaban J connectivity index is 1.68. The SMILES string of the molecule is Cc1cnc(C)n2nc(/C=C/c3nc(N4CCCC4O)cn3CC(F)(F)F)nc12. The summed E-state index contributed by atoms with van der Waals surface area (Å²) in [5.74, 6) is 1.43. The minimum Gasteiger partial charge on any atom is -0.374 e. The lowest BCUT2D eigenvalue weighted by Crippen LogP contribution is -2.28. The number of hydrogen-bond donors (Lipinski definition) is 1. The maximum atomic E-state index is 13.0. The van der Waals surface area contributed by atoms with Crippen LogP contribution in [0.15, 0.2) is 12.4 Å². The molecule has 11 heteroatoms. The number of nitrogens with zero attached hydrogens (tertiary/aromatic N) is 7. The summed E-state index contributed by atoms with van der Waals surface area (Å²) in [6.45, 7) is 3.02. The smallest absolute Gasteiger partial charge is 0.374 e. The van der Waals surface area contributed by atoms with Crippen molar-refractivity contribution in [1.82, 2.24) is 29.1 Å². The summed E-state index contributed by atoms with van der Waals surface area (Å²) in [7, 11) is 0. The number of aliphatic hydroxyl groups excluding tert-OH is 1. The molecule has 0 radical (unpaired) electrons. The highest BCUT2D eigenvalue weighted by Gasteiger charge is 2.31. The van der Waals surface area contributed by atoms with Crippen molar-refractivity contribution in [3.8, 4) is 0 Å². The number of aryl methyl sites for hydroxylation is 2. The molecule has 1 unspecified atom stereocenters. The van der Waals surface area contributed by atoms with Crippen LogP contribution in [0.1, 0.15) is 35.9 Å². The first kappa shape index (κ1) is 19.4. The van der Waals surface area contributed by atoms with Gasteiger partial charge in [0.25, 0.3) is 0 Å². The standard InChI is InChI=1S/C18H20F3N7O/c1-11-8-22-12(2)28-17(11)23-13(25-28)5-6-14-24-15(27-7-3-4-16(27)29)9-26(14)10-18(19,20)21/h5-6,8-9,16,29H,3-4,7,10H2,1-2H3/b6-5+. The fraction of sp³-hybridized carbons (Fsp3) is 0.444. The van der Waals surface area contributed by atoms with Crippen LogP contribution in [-0.2, 0) is 6.54 Å². The van der Waals surface area contributed by atoms with Crippen LogP contribution in [0.4, 0.5) is 19.0 Å². The predicted molar refractivity (Wildman–Crippen MR) is 100 cm³/mol. The van der Waals surface area contributed by atoms with Gasteiger partial charge >= 0.3 is 6.18 Å². The summed E-state index contributed by atoms with van der Waals surface area (Å²) in [5.41, 5.74) is 1.48. The second kappa shape index (κ2) is 7.14. The van der Waals surface area contributed by atoms with Crippen LogP contribution in [0.2, 0.25) is 0 Å². The minimum absolute atomic E-state index is 0.113. The zero-order valence-corrected chi connectivity index (χ0v) is 15.9. The molecule has 8 nitrogen and oxygen atoms in total. The molecule has 1 aliphatic heterocycles. The Morgan fingerprint density at radius 1 is 1.24 bits per heavy atom. The molecule has 4 heterocycles. The van der Waals surface area contributed by atoms with Crippen molar-refractivity contribution in [2.24, 2.45) is 0 Å². The lowest BCUT2D eigenvalue weighted by molar-refractivity contribution is -0.140. The van der Waals surface area contributed by atoms with E-state index < -0.39 is 18.9 Å². The number of imidazole rings is 1. The highest BCUT2D eigenvalue weighted by Crippen LogP contribution is 2.26. The Kier molecular flexibility index (Phi) is 4.77. The third-order valence-electron chi connectivity index (χ3n) is 4.77. The van der Waals surface area contributed by atoms with Crippen LogP contribution < -0.4 is 4.90 Å². The van der Waals surface area contributed by atoms with Crippen LogP contribution >= 0.6 is 0 Å². The molecule has 1 fully saturated rings. The van der Waals surface area contributed by atoms with Gasteiger partial charge in [-0.15, -0.1) is 5.10 Å². The third kappa shape index (κ3) is 3.95. The van der Waals surface area contributed by atoms with Crippen molar-refractivity contribution in [1.29, 1.82) is 0 Å². The van der Waals surface area contributed by atoms with Gasteiger partial charge in [0.05, 0.1) is 0 Å². The Morgan fingerprint density at radius 2 is 2.03 bits per heavy atom. The molecule has 4 rings (SSSR count). The van der Waals surface area contributed by atoms with Crippen molar-refractivity contribution in [2.75, 3.05) is 11.4 Å². The second-order valence-electron chi connectivity index (χ2n) is 7.04. The number of aromatic nitrogens is 6. The molecule has 1 saturated heterocycles. The summed E-state index contributed by atoms with van der Waals surface area (Å²) in [6, 6.07) is 0. The van der Waals surface area contributed by atoms with E-state index in [4.69, 9.17) is 0 Å². The Morgan fingerprint density at radius 3 is 2.69 bits per heavy atom. The number of rotatable bonds is 4. The van der Waals surface area contributed by atoms with Crippen LogP contribution in [-0.4, -0.2) is 53.2 Å². The molecule has 3 aromatic heterocycles. The molecule has 29 heavy (non-hydrogen) atoms. The summed E-state index contributed by atoms with van der Waals surface area (Å²) < 4.78 is 41.6. The zero-order valence-electron chi connectivity index (χ0n) is 15.9. The van der Waals surface area contributed by atoms with Crippen LogP contribution in [0.5, 0.6) is 0 Å². The molecule has 1 aliphatic rings. The number of halogens is 3. The van der Waals surface area contributed by atoms with E-state index in [1.54, 1.807) is 22.5 Å². The van der Waals surface area contributed by atoms with E-state index in [0.717, 1.165) is 16.6 Å². The van der Waals surface area contributed by atoms with Gasteiger partial charge in [-0.25, -0.2) is 15.0 Å². The predicted octanol–water partition coefficient (Wildman–Crippen LogP) is 2.59. The first-order valence-electron chi connectivity index (χ1n) is 9.17. The molecule has 3 aromatic rings. The second-order valence-corrected chi connectivity index (χ2v) is 7.04. The third-order valence-corrected chi connectivity index (χ3v) is 4.77. The first-order chi connectivity index (χ1) is 13.7. The highest BCUT2D eigenvalue weighted by molar-refractivity contribution is 5.66. The Bertz CT molecular complexity index is 1030. The minimum atomic E-state index is -4.40. The molecule has 0 bridgehead atoms. The van der Waals surface area contributed by atoms with E-state index in [1.807, 2.05) is 6.92 Å².